The van der Waals surface area contributed by atoms with Crippen molar-refractivity contribution >= 4 is 35.3 Å². The van der Waals surface area contributed by atoms with Crippen molar-refractivity contribution < 1.29 is 9.53 Å². The van der Waals surface area contributed by atoms with Crippen molar-refractivity contribution in [1.82, 2.24) is 9.97 Å². The van der Waals surface area contributed by atoms with E-state index in [2.05, 4.69) is 9.97 Å². The van der Waals surface area contributed by atoms with Crippen LogP contribution in [0.25, 0.3) is 0 Å². The first-order valence-corrected chi connectivity index (χ1v) is 6.89. The maximum absolute atomic E-state index is 11.3. The highest BCUT2D eigenvalue weighted by Gasteiger charge is 2.44. The highest BCUT2D eigenvalue weighted by Crippen LogP contribution is 2.52. The molecule has 1 fully saturated rings. The SMILES string of the molecule is COC(=O)CC1(CSc2cc(Cl)nc(N)n2)CC1. The molecule has 0 bridgehead atoms. The molecule has 1 aromatic rings. The van der Waals surface area contributed by atoms with Crippen molar-refractivity contribution in [2.24, 2.45) is 5.41 Å². The lowest BCUT2D eigenvalue weighted by molar-refractivity contribution is -0.141. The molecule has 2 rings (SSSR count). The lowest BCUT2D eigenvalue weighted by Gasteiger charge is -2.12. The van der Waals surface area contributed by atoms with Gasteiger partial charge < -0.3 is 10.5 Å². The molecule has 0 aliphatic heterocycles. The van der Waals surface area contributed by atoms with Crippen molar-refractivity contribution in [3.63, 3.8) is 0 Å². The summed E-state index contributed by atoms with van der Waals surface area (Å²) >= 11 is 7.35. The molecule has 2 N–H and O–H groups in total. The average Bonchev–Trinajstić information content (AvgIpc) is 3.05. The number of halogens is 1. The van der Waals surface area contributed by atoms with Crippen molar-refractivity contribution in [3.8, 4) is 0 Å². The molecule has 0 amide bonds. The van der Waals surface area contributed by atoms with Gasteiger partial charge in [-0.05, 0) is 18.3 Å². The van der Waals surface area contributed by atoms with Gasteiger partial charge in [-0.15, -0.1) is 11.8 Å². The van der Waals surface area contributed by atoms with Gasteiger partial charge in [0.2, 0.25) is 5.95 Å². The fourth-order valence-electron chi connectivity index (χ4n) is 1.64. The Kier molecular flexibility index (Phi) is 3.97. The van der Waals surface area contributed by atoms with E-state index in [9.17, 15) is 4.79 Å². The van der Waals surface area contributed by atoms with Crippen molar-refractivity contribution in [1.29, 1.82) is 0 Å². The minimum absolute atomic E-state index is 0.0595. The molecule has 0 atom stereocenters. The molecule has 5 nitrogen and oxygen atoms in total. The van der Waals surface area contributed by atoms with Gasteiger partial charge in [0.15, 0.2) is 0 Å². The van der Waals surface area contributed by atoms with Crippen LogP contribution >= 0.6 is 23.4 Å². The van der Waals surface area contributed by atoms with Crippen LogP contribution in [-0.2, 0) is 9.53 Å². The van der Waals surface area contributed by atoms with Gasteiger partial charge >= 0.3 is 5.97 Å². The van der Waals surface area contributed by atoms with Crippen LogP contribution in [0.2, 0.25) is 5.15 Å². The zero-order valence-corrected chi connectivity index (χ0v) is 11.6. The minimum Gasteiger partial charge on any atom is -0.469 e. The van der Waals surface area contributed by atoms with Crippen LogP contribution in [-0.4, -0.2) is 28.8 Å². The molecule has 1 aliphatic carbocycles. The van der Waals surface area contributed by atoms with E-state index in [4.69, 9.17) is 22.1 Å². The lowest BCUT2D eigenvalue weighted by atomic mass is 10.1. The van der Waals surface area contributed by atoms with Gasteiger partial charge in [-0.2, -0.15) is 0 Å². The highest BCUT2D eigenvalue weighted by molar-refractivity contribution is 7.99. The molecule has 0 aromatic carbocycles. The zero-order valence-electron chi connectivity index (χ0n) is 9.98. The van der Waals surface area contributed by atoms with Crippen LogP contribution in [0.15, 0.2) is 11.1 Å². The molecule has 0 saturated heterocycles. The third-order valence-corrected chi connectivity index (χ3v) is 4.37. The zero-order chi connectivity index (χ0) is 13.2. The van der Waals surface area contributed by atoms with Crippen LogP contribution < -0.4 is 5.73 Å². The maximum Gasteiger partial charge on any atom is 0.306 e. The first-order valence-electron chi connectivity index (χ1n) is 5.53. The Bertz CT molecular complexity index is 445. The fraction of sp³-hybridized carbons (Fsp3) is 0.545. The van der Waals surface area contributed by atoms with E-state index >= 15 is 0 Å². The number of carbonyl (C=O) groups excluding carboxylic acids is 1. The number of hydrogen-bond donors (Lipinski definition) is 1. The van der Waals surface area contributed by atoms with Crippen LogP contribution in [0.3, 0.4) is 0 Å². The molecule has 98 valence electrons. The van der Waals surface area contributed by atoms with Gasteiger partial charge in [0.1, 0.15) is 10.2 Å². The molecule has 18 heavy (non-hydrogen) atoms. The molecular formula is C11H14ClN3O2S. The summed E-state index contributed by atoms with van der Waals surface area (Å²) < 4.78 is 4.70. The molecule has 1 aliphatic rings. The van der Waals surface area contributed by atoms with E-state index in [1.54, 1.807) is 17.8 Å². The van der Waals surface area contributed by atoms with Gasteiger partial charge in [-0.1, -0.05) is 11.6 Å². The Morgan fingerprint density at radius 2 is 2.33 bits per heavy atom. The summed E-state index contributed by atoms with van der Waals surface area (Å²) in [6, 6.07) is 1.68. The first-order chi connectivity index (χ1) is 8.53. The summed E-state index contributed by atoms with van der Waals surface area (Å²) in [5.41, 5.74) is 5.58. The molecule has 7 heteroatoms. The third-order valence-electron chi connectivity index (χ3n) is 2.92. The summed E-state index contributed by atoms with van der Waals surface area (Å²) in [4.78, 5) is 19.2. The topological polar surface area (TPSA) is 78.1 Å². The van der Waals surface area contributed by atoms with Gasteiger partial charge in [0.25, 0.3) is 0 Å². The number of anilines is 1. The van der Waals surface area contributed by atoms with Crippen LogP contribution in [0, 0.1) is 5.41 Å². The van der Waals surface area contributed by atoms with Gasteiger partial charge in [-0.3, -0.25) is 4.79 Å². The van der Waals surface area contributed by atoms with E-state index in [1.807, 2.05) is 0 Å². The number of nitrogens with two attached hydrogens (primary N) is 1. The summed E-state index contributed by atoms with van der Waals surface area (Å²) in [6.45, 7) is 0. The molecule has 1 aromatic heterocycles. The summed E-state index contributed by atoms with van der Waals surface area (Å²) in [5.74, 6) is 0.825. The van der Waals surface area contributed by atoms with Crippen LogP contribution in [0.4, 0.5) is 5.95 Å². The normalized spacial score (nSPS) is 16.3. The van der Waals surface area contributed by atoms with Crippen molar-refractivity contribution in [2.45, 2.75) is 24.3 Å². The largest absolute Gasteiger partial charge is 0.469 e. The van der Waals surface area contributed by atoms with Gasteiger partial charge in [0, 0.05) is 11.8 Å². The number of carbonyl (C=O) groups is 1. The smallest absolute Gasteiger partial charge is 0.306 e. The summed E-state index contributed by atoms with van der Waals surface area (Å²) in [7, 11) is 1.41. The van der Waals surface area contributed by atoms with Crippen LogP contribution in [0.1, 0.15) is 19.3 Å². The molecular weight excluding hydrogens is 274 g/mol. The predicted molar refractivity (Wildman–Crippen MR) is 70.5 cm³/mol. The fourth-order valence-corrected chi connectivity index (χ4v) is 3.09. The molecule has 0 radical (unpaired) electrons. The second-order valence-corrected chi connectivity index (χ2v) is 5.81. The minimum atomic E-state index is -0.159. The Balaban J connectivity index is 1.93. The van der Waals surface area contributed by atoms with E-state index in [0.717, 1.165) is 23.6 Å². The van der Waals surface area contributed by atoms with Gasteiger partial charge in [-0.25, -0.2) is 9.97 Å². The number of nitrogen functional groups attached to an aromatic ring is 1. The first kappa shape index (κ1) is 13.4. The van der Waals surface area contributed by atoms with Crippen molar-refractivity contribution in [2.75, 3.05) is 18.6 Å². The number of aromatic nitrogens is 2. The number of thioether (sulfide) groups is 1. The van der Waals surface area contributed by atoms with Crippen molar-refractivity contribution in [3.05, 3.63) is 11.2 Å². The standard InChI is InChI=1S/C11H14ClN3O2S/c1-17-9(16)5-11(2-3-11)6-18-8-4-7(12)14-10(13)15-8/h4H,2-3,5-6H2,1H3,(H2,13,14,15). The second kappa shape index (κ2) is 5.32. The predicted octanol–water partition coefficient (Wildman–Crippen LogP) is 2.15. The van der Waals surface area contributed by atoms with Gasteiger partial charge in [0.05, 0.1) is 13.5 Å². The lowest BCUT2D eigenvalue weighted by Crippen LogP contribution is -2.13. The van der Waals surface area contributed by atoms with E-state index in [0.29, 0.717) is 11.6 Å². The number of rotatable bonds is 5. The molecule has 0 unspecified atom stereocenters. The Hall–Kier alpha value is -1.01. The summed E-state index contributed by atoms with van der Waals surface area (Å²) in [5, 5.41) is 1.08. The van der Waals surface area contributed by atoms with E-state index in [-0.39, 0.29) is 17.3 Å². The highest BCUT2D eigenvalue weighted by atomic mass is 35.5. The number of nitrogens with zero attached hydrogens (tertiary/aromatic N) is 2. The monoisotopic (exact) mass is 287 g/mol. The Morgan fingerprint density at radius 1 is 1.61 bits per heavy atom. The second-order valence-electron chi connectivity index (χ2n) is 4.43. The molecule has 1 saturated carbocycles. The van der Waals surface area contributed by atoms with E-state index < -0.39 is 0 Å². The number of hydrogen-bond acceptors (Lipinski definition) is 6. The number of methoxy groups -OCH3 is 1. The molecule has 0 spiro atoms. The Labute approximate surface area is 114 Å². The quantitative estimate of drug-likeness (QED) is 0.508. The maximum atomic E-state index is 11.3. The number of esters is 1. The Morgan fingerprint density at radius 3 is 2.89 bits per heavy atom. The third kappa shape index (κ3) is 3.49. The summed E-state index contributed by atoms with van der Waals surface area (Å²) in [6.07, 6.45) is 2.55. The number of ether oxygens (including phenoxy) is 1. The molecule has 1 heterocycles. The average molecular weight is 288 g/mol. The van der Waals surface area contributed by atoms with E-state index in [1.165, 1.54) is 7.11 Å². The van der Waals surface area contributed by atoms with Crippen LogP contribution in [0.5, 0.6) is 0 Å².